The number of hydrogen-bond donors (Lipinski definition) is 3. The second kappa shape index (κ2) is 10.8. The molecular formula is C25H25N3O4. The average Bonchev–Trinajstić information content (AvgIpc) is 2.78. The highest BCUT2D eigenvalue weighted by molar-refractivity contribution is 5.99. The molecule has 0 saturated heterocycles. The molecule has 7 heteroatoms. The molecule has 0 unspecified atom stereocenters. The van der Waals surface area contributed by atoms with Gasteiger partial charge >= 0.3 is 0 Å². The minimum Gasteiger partial charge on any atom is -0.489 e. The highest BCUT2D eigenvalue weighted by Crippen LogP contribution is 2.16. The number of amides is 3. The third kappa shape index (κ3) is 6.70. The number of primary amides is 1. The van der Waals surface area contributed by atoms with E-state index in [1.165, 1.54) is 13.0 Å². The molecule has 0 aliphatic carbocycles. The van der Waals surface area contributed by atoms with Crippen molar-refractivity contribution in [3.05, 3.63) is 95.6 Å². The summed E-state index contributed by atoms with van der Waals surface area (Å²) in [7, 11) is 0. The number of carbonyl (C=O) groups excluding carboxylic acids is 3. The molecule has 3 aromatic rings. The molecule has 0 saturated carbocycles. The van der Waals surface area contributed by atoms with E-state index >= 15 is 0 Å². The molecule has 164 valence electrons. The molecule has 0 radical (unpaired) electrons. The number of nitrogens with two attached hydrogens (primary N) is 1. The summed E-state index contributed by atoms with van der Waals surface area (Å²) in [5.74, 6) is -0.634. The van der Waals surface area contributed by atoms with Gasteiger partial charge in [0.15, 0.2) is 0 Å². The molecule has 0 spiro atoms. The number of ether oxygens (including phenoxy) is 1. The first-order chi connectivity index (χ1) is 15.4. The maximum atomic E-state index is 12.6. The molecule has 0 aliphatic rings. The fourth-order valence-electron chi connectivity index (χ4n) is 3.10. The van der Waals surface area contributed by atoms with Crippen LogP contribution in [0.4, 0.5) is 5.69 Å². The Bertz CT molecular complexity index is 1080. The van der Waals surface area contributed by atoms with Crippen molar-refractivity contribution in [2.45, 2.75) is 26.0 Å². The molecule has 0 fully saturated rings. The summed E-state index contributed by atoms with van der Waals surface area (Å²) in [6.45, 7) is 1.84. The first-order valence-corrected chi connectivity index (χ1v) is 10.1. The van der Waals surface area contributed by atoms with Crippen molar-refractivity contribution in [3.63, 3.8) is 0 Å². The third-order valence-electron chi connectivity index (χ3n) is 4.71. The van der Waals surface area contributed by atoms with E-state index in [1.54, 1.807) is 18.2 Å². The minimum atomic E-state index is -0.886. The minimum absolute atomic E-state index is 0.241. The van der Waals surface area contributed by atoms with Crippen LogP contribution in [0.3, 0.4) is 0 Å². The Balaban J connectivity index is 1.60. The van der Waals surface area contributed by atoms with Gasteiger partial charge in [0.2, 0.25) is 11.8 Å². The van der Waals surface area contributed by atoms with Gasteiger partial charge in [-0.15, -0.1) is 0 Å². The molecule has 1 atom stereocenters. The zero-order chi connectivity index (χ0) is 22.9. The zero-order valence-corrected chi connectivity index (χ0v) is 17.7. The summed E-state index contributed by atoms with van der Waals surface area (Å²) < 4.78 is 5.77. The highest BCUT2D eigenvalue weighted by Gasteiger charge is 2.20. The summed E-state index contributed by atoms with van der Waals surface area (Å²) in [5, 5.41) is 5.29. The van der Waals surface area contributed by atoms with Crippen LogP contribution in [0.2, 0.25) is 0 Å². The topological polar surface area (TPSA) is 111 Å². The summed E-state index contributed by atoms with van der Waals surface area (Å²) in [6, 6.07) is 22.7. The Morgan fingerprint density at radius 2 is 1.62 bits per heavy atom. The van der Waals surface area contributed by atoms with Gasteiger partial charge in [-0.25, -0.2) is 0 Å². The van der Waals surface area contributed by atoms with E-state index < -0.39 is 17.9 Å². The van der Waals surface area contributed by atoms with E-state index in [0.29, 0.717) is 23.6 Å². The van der Waals surface area contributed by atoms with Crippen molar-refractivity contribution in [2.75, 3.05) is 5.32 Å². The number of rotatable bonds is 9. The first-order valence-electron chi connectivity index (χ1n) is 10.1. The number of hydrogen-bond acceptors (Lipinski definition) is 4. The molecule has 0 aliphatic heterocycles. The number of carbonyl (C=O) groups is 3. The standard InChI is InChI=1S/C25H25N3O4/c1-17(29)27-21-9-5-8-20(15-21)25(31)28-23(24(26)30)14-18-10-12-22(13-11-18)32-16-19-6-3-2-4-7-19/h2-13,15,23H,14,16H2,1H3,(H2,26,30)(H,27,29)(H,28,31)/t23-/m1/s1. The van der Waals surface area contributed by atoms with Gasteiger partial charge in [-0.1, -0.05) is 48.5 Å². The molecule has 3 rings (SSSR count). The number of benzene rings is 3. The van der Waals surface area contributed by atoms with Crippen molar-refractivity contribution in [3.8, 4) is 5.75 Å². The second-order valence-electron chi connectivity index (χ2n) is 7.31. The van der Waals surface area contributed by atoms with E-state index in [2.05, 4.69) is 10.6 Å². The second-order valence-corrected chi connectivity index (χ2v) is 7.31. The summed E-state index contributed by atoms with van der Waals surface area (Å²) in [4.78, 5) is 35.8. The van der Waals surface area contributed by atoms with E-state index in [4.69, 9.17) is 10.5 Å². The molecule has 0 bridgehead atoms. The largest absolute Gasteiger partial charge is 0.489 e. The van der Waals surface area contributed by atoms with Crippen LogP contribution in [0.15, 0.2) is 78.9 Å². The summed E-state index contributed by atoms with van der Waals surface area (Å²) >= 11 is 0. The van der Waals surface area contributed by atoms with Crippen LogP contribution in [0.1, 0.15) is 28.4 Å². The number of nitrogens with one attached hydrogen (secondary N) is 2. The van der Waals surface area contributed by atoms with Gasteiger partial charge in [0, 0.05) is 24.6 Å². The van der Waals surface area contributed by atoms with Gasteiger partial charge in [0.1, 0.15) is 18.4 Å². The summed E-state index contributed by atoms with van der Waals surface area (Å²) in [5.41, 5.74) is 8.21. The SMILES string of the molecule is CC(=O)Nc1cccc(C(=O)N[C@H](Cc2ccc(OCc3ccccc3)cc2)C(N)=O)c1. The smallest absolute Gasteiger partial charge is 0.252 e. The maximum Gasteiger partial charge on any atom is 0.252 e. The van der Waals surface area contributed by atoms with Crippen LogP contribution in [-0.2, 0) is 22.6 Å². The van der Waals surface area contributed by atoms with Crippen LogP contribution in [0.5, 0.6) is 5.75 Å². The fourth-order valence-corrected chi connectivity index (χ4v) is 3.10. The van der Waals surface area contributed by atoms with Crippen molar-refractivity contribution in [2.24, 2.45) is 5.73 Å². The Labute approximate surface area is 186 Å². The number of anilines is 1. The van der Waals surface area contributed by atoms with E-state index in [0.717, 1.165) is 11.1 Å². The van der Waals surface area contributed by atoms with E-state index in [-0.39, 0.29) is 12.3 Å². The van der Waals surface area contributed by atoms with Crippen LogP contribution in [0, 0.1) is 0 Å². The van der Waals surface area contributed by atoms with Gasteiger partial charge < -0.3 is 21.1 Å². The molecule has 0 aromatic heterocycles. The molecule has 3 aromatic carbocycles. The predicted octanol–water partition coefficient (Wildman–Crippen LogP) is 3.05. The molecule has 0 heterocycles. The molecule has 3 amide bonds. The Kier molecular flexibility index (Phi) is 7.59. The van der Waals surface area contributed by atoms with Crippen LogP contribution in [-0.4, -0.2) is 23.8 Å². The van der Waals surface area contributed by atoms with Gasteiger partial charge in [0.05, 0.1) is 0 Å². The van der Waals surface area contributed by atoms with Gasteiger partial charge in [0.25, 0.3) is 5.91 Å². The van der Waals surface area contributed by atoms with Crippen LogP contribution in [0.25, 0.3) is 0 Å². The maximum absolute atomic E-state index is 12.6. The first kappa shape index (κ1) is 22.6. The molecular weight excluding hydrogens is 406 g/mol. The molecule has 32 heavy (non-hydrogen) atoms. The molecule has 7 nitrogen and oxygen atoms in total. The highest BCUT2D eigenvalue weighted by atomic mass is 16.5. The lowest BCUT2D eigenvalue weighted by Crippen LogP contribution is -2.45. The summed E-state index contributed by atoms with van der Waals surface area (Å²) in [6.07, 6.45) is 0.241. The average molecular weight is 431 g/mol. The van der Waals surface area contributed by atoms with Gasteiger partial charge in [-0.2, -0.15) is 0 Å². The Hall–Kier alpha value is -4.13. The lowest BCUT2D eigenvalue weighted by atomic mass is 10.0. The van der Waals surface area contributed by atoms with E-state index in [1.807, 2.05) is 54.6 Å². The zero-order valence-electron chi connectivity index (χ0n) is 17.7. The van der Waals surface area contributed by atoms with Crippen molar-refractivity contribution >= 4 is 23.4 Å². The normalized spacial score (nSPS) is 11.3. The fraction of sp³-hybridized carbons (Fsp3) is 0.160. The quantitative estimate of drug-likeness (QED) is 0.484. The third-order valence-corrected chi connectivity index (χ3v) is 4.71. The Morgan fingerprint density at radius 1 is 0.906 bits per heavy atom. The lowest BCUT2D eigenvalue weighted by Gasteiger charge is -2.16. The Morgan fingerprint density at radius 3 is 2.28 bits per heavy atom. The van der Waals surface area contributed by atoms with Crippen molar-refractivity contribution in [1.29, 1.82) is 0 Å². The lowest BCUT2D eigenvalue weighted by molar-refractivity contribution is -0.119. The predicted molar refractivity (Wildman–Crippen MR) is 122 cm³/mol. The van der Waals surface area contributed by atoms with Crippen LogP contribution >= 0.6 is 0 Å². The van der Waals surface area contributed by atoms with Gasteiger partial charge in [-0.3, -0.25) is 14.4 Å². The van der Waals surface area contributed by atoms with E-state index in [9.17, 15) is 14.4 Å². The van der Waals surface area contributed by atoms with Crippen LogP contribution < -0.4 is 21.1 Å². The monoisotopic (exact) mass is 431 g/mol. The molecule has 4 N–H and O–H groups in total. The van der Waals surface area contributed by atoms with Crippen molar-refractivity contribution in [1.82, 2.24) is 5.32 Å². The van der Waals surface area contributed by atoms with Gasteiger partial charge in [-0.05, 0) is 41.5 Å². The van der Waals surface area contributed by atoms with Crippen molar-refractivity contribution < 1.29 is 19.1 Å².